The summed E-state index contributed by atoms with van der Waals surface area (Å²) in [7, 11) is -6.09. The summed E-state index contributed by atoms with van der Waals surface area (Å²) < 4.78 is 31.9. The number of fused-ring (bicyclic) bond motifs is 3. The molecule has 2 aromatic carbocycles. The molecule has 1 aromatic heterocycles. The summed E-state index contributed by atoms with van der Waals surface area (Å²) in [6, 6.07) is 13.1. The Morgan fingerprint density at radius 3 is 2.36 bits per heavy atom. The zero-order chi connectivity index (χ0) is 26.5. The summed E-state index contributed by atoms with van der Waals surface area (Å²) in [6.07, 6.45) is 7.20. The fraction of sp³-hybridized carbons (Fsp3) is 0.407. The van der Waals surface area contributed by atoms with Gasteiger partial charge in [-0.25, -0.2) is 8.42 Å². The van der Waals surface area contributed by atoms with Crippen LogP contribution in [0.25, 0.3) is 10.9 Å². The minimum absolute atomic E-state index is 0.0126. The highest BCUT2D eigenvalue weighted by molar-refractivity contribution is 7.89. The fourth-order valence-electron chi connectivity index (χ4n) is 5.05. The van der Waals surface area contributed by atoms with E-state index >= 15 is 0 Å². The first kappa shape index (κ1) is 26.1. The standard InChI is InChI=1S/C27H33N3O4SSi/c1-7-8-12-25-26-23(22-11-9-10-13-24(22)29(26)36(5,6)27(2,3)4)18-19-28(25)35(33,34)21-16-14-20(15-17-21)30(31)32/h1,9-11,13-17,25H,8,12,18-19H2,2-6H3. The van der Waals surface area contributed by atoms with Crippen molar-refractivity contribution in [3.63, 3.8) is 0 Å². The molecule has 36 heavy (non-hydrogen) atoms. The number of nitro groups is 1. The third kappa shape index (κ3) is 4.17. The Kier molecular flexibility index (Phi) is 6.66. The van der Waals surface area contributed by atoms with Gasteiger partial charge in [0.25, 0.3) is 5.69 Å². The van der Waals surface area contributed by atoms with Crippen molar-refractivity contribution in [3.05, 3.63) is 69.9 Å². The smallest absolute Gasteiger partial charge is 0.269 e. The van der Waals surface area contributed by atoms with Gasteiger partial charge in [0.1, 0.15) is 0 Å². The van der Waals surface area contributed by atoms with Crippen LogP contribution in [0, 0.1) is 22.5 Å². The van der Waals surface area contributed by atoms with Crippen molar-refractivity contribution in [3.8, 4) is 12.3 Å². The second-order valence-corrected chi connectivity index (χ2v) is 17.9. The Bertz CT molecular complexity index is 1460. The number of nitro benzene ring substituents is 1. The van der Waals surface area contributed by atoms with Crippen molar-refractivity contribution in [2.45, 2.75) is 69.1 Å². The number of non-ortho nitro benzene ring substituents is 1. The van der Waals surface area contributed by atoms with E-state index in [1.54, 1.807) is 4.31 Å². The number of nitrogens with zero attached hydrogens (tertiary/aromatic N) is 3. The van der Waals surface area contributed by atoms with E-state index in [9.17, 15) is 18.5 Å². The Labute approximate surface area is 214 Å². The van der Waals surface area contributed by atoms with E-state index in [4.69, 9.17) is 6.42 Å². The highest BCUT2D eigenvalue weighted by Gasteiger charge is 2.45. The molecular weight excluding hydrogens is 490 g/mol. The monoisotopic (exact) mass is 523 g/mol. The van der Waals surface area contributed by atoms with Gasteiger partial charge in [0, 0.05) is 41.7 Å². The molecule has 0 radical (unpaired) electrons. The SMILES string of the molecule is C#CCCC1c2c(c3ccccc3n2[Si](C)(C)C(C)(C)C)CCN1S(=O)(=O)c1ccc([N+](=O)[O-])cc1. The first-order valence-corrected chi connectivity index (χ1v) is 16.5. The molecule has 0 saturated heterocycles. The molecule has 9 heteroatoms. The summed E-state index contributed by atoms with van der Waals surface area (Å²) in [5.74, 6) is 2.71. The van der Waals surface area contributed by atoms with E-state index in [0.29, 0.717) is 25.8 Å². The second-order valence-electron chi connectivity index (χ2n) is 10.9. The number of hydrogen-bond acceptors (Lipinski definition) is 4. The van der Waals surface area contributed by atoms with Crippen molar-refractivity contribution in [2.24, 2.45) is 0 Å². The summed E-state index contributed by atoms with van der Waals surface area (Å²) in [4.78, 5) is 10.6. The van der Waals surface area contributed by atoms with Gasteiger partial charge in [-0.1, -0.05) is 52.1 Å². The van der Waals surface area contributed by atoms with Crippen LogP contribution in [0.3, 0.4) is 0 Å². The first-order valence-electron chi connectivity index (χ1n) is 12.1. The van der Waals surface area contributed by atoms with Crippen molar-refractivity contribution in [1.82, 2.24) is 8.54 Å². The van der Waals surface area contributed by atoms with E-state index < -0.39 is 29.2 Å². The molecule has 0 fully saturated rings. The summed E-state index contributed by atoms with van der Waals surface area (Å²) in [5, 5.41) is 12.3. The van der Waals surface area contributed by atoms with Gasteiger partial charge >= 0.3 is 0 Å². The van der Waals surface area contributed by atoms with E-state index in [2.05, 4.69) is 56.2 Å². The molecular formula is C27H33N3O4SSi. The van der Waals surface area contributed by atoms with Gasteiger partial charge in [-0.2, -0.15) is 4.31 Å². The average Bonchev–Trinajstić information content (AvgIpc) is 3.17. The first-order chi connectivity index (χ1) is 16.8. The molecule has 1 aliphatic heterocycles. The molecule has 0 amide bonds. The lowest BCUT2D eigenvalue weighted by molar-refractivity contribution is -0.384. The van der Waals surface area contributed by atoms with E-state index in [1.807, 2.05) is 12.1 Å². The number of terminal acetylenes is 1. The van der Waals surface area contributed by atoms with E-state index in [0.717, 1.165) is 11.2 Å². The van der Waals surface area contributed by atoms with Gasteiger partial charge in [0.15, 0.2) is 8.24 Å². The molecule has 7 nitrogen and oxygen atoms in total. The minimum Gasteiger partial charge on any atom is -0.370 e. The molecule has 2 heterocycles. The Morgan fingerprint density at radius 2 is 1.78 bits per heavy atom. The van der Waals surface area contributed by atoms with Crippen LogP contribution in [-0.2, 0) is 16.4 Å². The van der Waals surface area contributed by atoms with Crippen LogP contribution in [0.15, 0.2) is 53.4 Å². The molecule has 1 aliphatic rings. The second kappa shape index (κ2) is 9.18. The number of para-hydroxylation sites is 1. The maximum absolute atomic E-state index is 13.9. The molecule has 4 rings (SSSR count). The topological polar surface area (TPSA) is 85.5 Å². The van der Waals surface area contributed by atoms with Crippen LogP contribution in [-0.4, -0.2) is 36.7 Å². The molecule has 0 spiro atoms. The maximum Gasteiger partial charge on any atom is 0.269 e. The minimum atomic E-state index is -3.92. The molecule has 190 valence electrons. The highest BCUT2D eigenvalue weighted by Crippen LogP contribution is 2.47. The predicted octanol–water partition coefficient (Wildman–Crippen LogP) is 6.10. The van der Waals surface area contributed by atoms with Gasteiger partial charge in [-0.3, -0.25) is 10.1 Å². The lowest BCUT2D eigenvalue weighted by Crippen LogP contribution is -2.49. The summed E-state index contributed by atoms with van der Waals surface area (Å²) in [6.45, 7) is 11.8. The third-order valence-corrected chi connectivity index (χ3v) is 15.1. The molecule has 0 bridgehead atoms. The van der Waals surface area contributed by atoms with E-state index in [1.165, 1.54) is 35.2 Å². The van der Waals surface area contributed by atoms with Crippen LogP contribution < -0.4 is 0 Å². The number of benzene rings is 2. The fourth-order valence-corrected chi connectivity index (χ4v) is 9.03. The van der Waals surface area contributed by atoms with Crippen LogP contribution >= 0.6 is 0 Å². The van der Waals surface area contributed by atoms with Gasteiger partial charge in [-0.05, 0) is 41.6 Å². The zero-order valence-electron chi connectivity index (χ0n) is 21.5. The quantitative estimate of drug-likeness (QED) is 0.169. The van der Waals surface area contributed by atoms with Gasteiger partial charge < -0.3 is 4.23 Å². The number of hydrogen-bond donors (Lipinski definition) is 0. The highest BCUT2D eigenvalue weighted by atomic mass is 32.2. The number of aromatic nitrogens is 1. The van der Waals surface area contributed by atoms with Crippen LogP contribution in [0.1, 0.15) is 50.9 Å². The van der Waals surface area contributed by atoms with Crippen LogP contribution in [0.5, 0.6) is 0 Å². The third-order valence-electron chi connectivity index (χ3n) is 7.88. The Morgan fingerprint density at radius 1 is 1.14 bits per heavy atom. The van der Waals surface area contributed by atoms with Crippen molar-refractivity contribution in [2.75, 3.05) is 6.54 Å². The predicted molar refractivity (Wildman–Crippen MR) is 146 cm³/mol. The number of rotatable bonds is 6. The molecule has 3 aromatic rings. The Balaban J connectivity index is 1.95. The lowest BCUT2D eigenvalue weighted by Gasteiger charge is -2.43. The van der Waals surface area contributed by atoms with Crippen molar-refractivity contribution >= 4 is 34.8 Å². The average molecular weight is 524 g/mol. The van der Waals surface area contributed by atoms with Crippen molar-refractivity contribution in [1.29, 1.82) is 0 Å². The summed E-state index contributed by atoms with van der Waals surface area (Å²) >= 11 is 0. The van der Waals surface area contributed by atoms with Gasteiger partial charge in [-0.15, -0.1) is 12.3 Å². The Hall–Kier alpha value is -2.93. The normalized spacial score (nSPS) is 17.1. The van der Waals surface area contributed by atoms with Crippen molar-refractivity contribution < 1.29 is 13.3 Å². The molecule has 0 aliphatic carbocycles. The van der Waals surface area contributed by atoms with Gasteiger partial charge in [0.2, 0.25) is 10.0 Å². The number of sulfonamides is 1. The molecule has 1 unspecified atom stereocenters. The molecule has 0 saturated carbocycles. The summed E-state index contributed by atoms with van der Waals surface area (Å²) in [5.41, 5.74) is 3.26. The van der Waals surface area contributed by atoms with E-state index in [-0.39, 0.29) is 15.6 Å². The molecule has 0 N–H and O–H groups in total. The zero-order valence-corrected chi connectivity index (χ0v) is 23.3. The van der Waals surface area contributed by atoms with Gasteiger partial charge in [0.05, 0.1) is 15.9 Å². The molecule has 1 atom stereocenters. The van der Waals surface area contributed by atoms with Crippen LogP contribution in [0.2, 0.25) is 18.1 Å². The van der Waals surface area contributed by atoms with Crippen LogP contribution in [0.4, 0.5) is 5.69 Å². The largest absolute Gasteiger partial charge is 0.370 e. The lowest BCUT2D eigenvalue weighted by atomic mass is 9.96. The maximum atomic E-state index is 13.9.